The van der Waals surface area contributed by atoms with E-state index in [1.807, 2.05) is 6.07 Å². The first kappa shape index (κ1) is 11.1. The van der Waals surface area contributed by atoms with E-state index in [0.717, 1.165) is 12.1 Å². The van der Waals surface area contributed by atoms with E-state index in [4.69, 9.17) is 5.11 Å². The molecular weight excluding hydrogens is 174 g/mol. The van der Waals surface area contributed by atoms with Gasteiger partial charge in [0.1, 0.15) is 0 Å². The third kappa shape index (κ3) is 3.04. The first-order valence-corrected chi connectivity index (χ1v) is 5.22. The summed E-state index contributed by atoms with van der Waals surface area (Å²) in [5.74, 6) is 0.603. The van der Waals surface area contributed by atoms with Crippen molar-refractivity contribution >= 4 is 5.69 Å². The summed E-state index contributed by atoms with van der Waals surface area (Å²) in [4.78, 5) is 0. The molecule has 1 atom stereocenters. The fraction of sp³-hybridized carbons (Fsp3) is 0.500. The Morgan fingerprint density at radius 1 is 1.43 bits per heavy atom. The van der Waals surface area contributed by atoms with Gasteiger partial charge in [-0.25, -0.2) is 0 Å². The van der Waals surface area contributed by atoms with Crippen molar-refractivity contribution in [1.82, 2.24) is 0 Å². The molecule has 78 valence electrons. The second-order valence-electron chi connectivity index (χ2n) is 3.59. The maximum atomic E-state index is 8.69. The highest BCUT2D eigenvalue weighted by Crippen LogP contribution is 2.21. The van der Waals surface area contributed by atoms with Gasteiger partial charge in [-0.1, -0.05) is 26.0 Å². The van der Waals surface area contributed by atoms with Crippen molar-refractivity contribution < 1.29 is 5.11 Å². The first-order valence-electron chi connectivity index (χ1n) is 5.22. The highest BCUT2D eigenvalue weighted by molar-refractivity contribution is 5.46. The fourth-order valence-electron chi connectivity index (χ4n) is 1.39. The average molecular weight is 193 g/mol. The third-order valence-corrected chi connectivity index (χ3v) is 2.51. The highest BCUT2D eigenvalue weighted by atomic mass is 16.3. The van der Waals surface area contributed by atoms with Gasteiger partial charge < -0.3 is 10.4 Å². The molecule has 1 aromatic rings. The minimum absolute atomic E-state index is 0.174. The van der Waals surface area contributed by atoms with Gasteiger partial charge in [-0.15, -0.1) is 0 Å². The van der Waals surface area contributed by atoms with E-state index < -0.39 is 0 Å². The monoisotopic (exact) mass is 193 g/mol. The molecule has 0 saturated heterocycles. The molecule has 0 aliphatic heterocycles. The number of rotatable bonds is 5. The van der Waals surface area contributed by atoms with Crippen LogP contribution in [0.25, 0.3) is 0 Å². The van der Waals surface area contributed by atoms with Gasteiger partial charge in [0.2, 0.25) is 0 Å². The summed E-state index contributed by atoms with van der Waals surface area (Å²) in [7, 11) is 0. The second kappa shape index (κ2) is 5.66. The van der Waals surface area contributed by atoms with Crippen LogP contribution in [0.2, 0.25) is 0 Å². The molecule has 0 bridgehead atoms. The zero-order valence-corrected chi connectivity index (χ0v) is 8.96. The van der Waals surface area contributed by atoms with E-state index in [2.05, 4.69) is 37.4 Å². The van der Waals surface area contributed by atoms with Crippen molar-refractivity contribution in [3.05, 3.63) is 29.8 Å². The Balaban J connectivity index is 2.68. The molecule has 0 fully saturated rings. The van der Waals surface area contributed by atoms with Gasteiger partial charge in [-0.05, 0) is 30.0 Å². The molecule has 0 aliphatic carbocycles. The summed E-state index contributed by atoms with van der Waals surface area (Å²) >= 11 is 0. The Hall–Kier alpha value is -1.02. The fourth-order valence-corrected chi connectivity index (χ4v) is 1.39. The lowest BCUT2D eigenvalue weighted by Crippen LogP contribution is -2.05. The molecule has 2 heteroatoms. The lowest BCUT2D eigenvalue weighted by molar-refractivity contribution is 0.311. The molecule has 0 radical (unpaired) electrons. The standard InChI is InChI=1S/C12H19NO/c1-3-10(2)11-5-4-6-12(9-11)13-7-8-14/h4-6,9-10,13-14H,3,7-8H2,1-2H3. The van der Waals surface area contributed by atoms with Crippen LogP contribution in [0.4, 0.5) is 5.69 Å². The van der Waals surface area contributed by atoms with Crippen LogP contribution in [0.1, 0.15) is 31.7 Å². The highest BCUT2D eigenvalue weighted by Gasteiger charge is 2.02. The number of hydrogen-bond donors (Lipinski definition) is 2. The molecule has 2 N–H and O–H groups in total. The van der Waals surface area contributed by atoms with Gasteiger partial charge in [0.05, 0.1) is 6.61 Å². The minimum atomic E-state index is 0.174. The van der Waals surface area contributed by atoms with Crippen LogP contribution in [0, 0.1) is 0 Å². The van der Waals surface area contributed by atoms with Crippen molar-refractivity contribution in [1.29, 1.82) is 0 Å². The number of aliphatic hydroxyl groups is 1. The summed E-state index contributed by atoms with van der Waals surface area (Å²) in [6.07, 6.45) is 1.16. The predicted octanol–water partition coefficient (Wildman–Crippen LogP) is 2.60. The number of nitrogens with one attached hydrogen (secondary N) is 1. The molecule has 1 unspecified atom stereocenters. The van der Waals surface area contributed by atoms with Gasteiger partial charge in [0.25, 0.3) is 0 Å². The average Bonchev–Trinajstić information content (AvgIpc) is 2.25. The molecule has 2 nitrogen and oxygen atoms in total. The Labute approximate surface area is 86.0 Å². The molecule has 0 aliphatic rings. The van der Waals surface area contributed by atoms with Crippen LogP contribution in [-0.2, 0) is 0 Å². The van der Waals surface area contributed by atoms with Gasteiger partial charge in [-0.2, -0.15) is 0 Å². The summed E-state index contributed by atoms with van der Waals surface area (Å²) in [6.45, 7) is 5.21. The summed E-state index contributed by atoms with van der Waals surface area (Å²) in [6, 6.07) is 8.39. The SMILES string of the molecule is CCC(C)c1cccc(NCCO)c1. The third-order valence-electron chi connectivity index (χ3n) is 2.51. The maximum Gasteiger partial charge on any atom is 0.0604 e. The number of benzene rings is 1. The smallest absolute Gasteiger partial charge is 0.0604 e. The number of hydrogen-bond acceptors (Lipinski definition) is 2. The van der Waals surface area contributed by atoms with Gasteiger partial charge >= 0.3 is 0 Å². The van der Waals surface area contributed by atoms with Gasteiger partial charge in [-0.3, -0.25) is 0 Å². The number of anilines is 1. The Morgan fingerprint density at radius 3 is 2.86 bits per heavy atom. The van der Waals surface area contributed by atoms with Crippen LogP contribution in [0.3, 0.4) is 0 Å². The summed E-state index contributed by atoms with van der Waals surface area (Å²) in [5, 5.41) is 11.9. The van der Waals surface area contributed by atoms with Gasteiger partial charge in [0.15, 0.2) is 0 Å². The second-order valence-corrected chi connectivity index (χ2v) is 3.59. The lowest BCUT2D eigenvalue weighted by Gasteiger charge is -2.11. The zero-order chi connectivity index (χ0) is 10.4. The molecular formula is C12H19NO. The molecule has 0 saturated carbocycles. The van der Waals surface area contributed by atoms with Crippen LogP contribution < -0.4 is 5.32 Å². The molecule has 0 aromatic heterocycles. The topological polar surface area (TPSA) is 32.3 Å². The maximum absolute atomic E-state index is 8.69. The zero-order valence-electron chi connectivity index (χ0n) is 8.96. The molecule has 0 heterocycles. The molecule has 0 spiro atoms. The van der Waals surface area contributed by atoms with Crippen LogP contribution in [-0.4, -0.2) is 18.3 Å². The molecule has 1 aromatic carbocycles. The Kier molecular flexibility index (Phi) is 4.47. The van der Waals surface area contributed by atoms with Crippen LogP contribution >= 0.6 is 0 Å². The van der Waals surface area contributed by atoms with Gasteiger partial charge in [0, 0.05) is 12.2 Å². The lowest BCUT2D eigenvalue weighted by atomic mass is 9.98. The van der Waals surface area contributed by atoms with E-state index in [0.29, 0.717) is 12.5 Å². The van der Waals surface area contributed by atoms with Crippen LogP contribution in [0.5, 0.6) is 0 Å². The molecule has 1 rings (SSSR count). The van der Waals surface area contributed by atoms with E-state index >= 15 is 0 Å². The largest absolute Gasteiger partial charge is 0.395 e. The van der Waals surface area contributed by atoms with Crippen molar-refractivity contribution in [3.63, 3.8) is 0 Å². The first-order chi connectivity index (χ1) is 6.77. The van der Waals surface area contributed by atoms with E-state index in [1.54, 1.807) is 0 Å². The van der Waals surface area contributed by atoms with Crippen molar-refractivity contribution in [2.45, 2.75) is 26.2 Å². The van der Waals surface area contributed by atoms with E-state index in [1.165, 1.54) is 5.56 Å². The minimum Gasteiger partial charge on any atom is -0.395 e. The van der Waals surface area contributed by atoms with E-state index in [9.17, 15) is 0 Å². The quantitative estimate of drug-likeness (QED) is 0.753. The Morgan fingerprint density at radius 2 is 2.21 bits per heavy atom. The van der Waals surface area contributed by atoms with Crippen molar-refractivity contribution in [2.24, 2.45) is 0 Å². The van der Waals surface area contributed by atoms with Crippen molar-refractivity contribution in [2.75, 3.05) is 18.5 Å². The number of aliphatic hydroxyl groups excluding tert-OH is 1. The summed E-state index contributed by atoms with van der Waals surface area (Å²) in [5.41, 5.74) is 2.45. The summed E-state index contributed by atoms with van der Waals surface area (Å²) < 4.78 is 0. The normalized spacial score (nSPS) is 12.5. The molecule has 0 amide bonds. The van der Waals surface area contributed by atoms with Crippen LogP contribution in [0.15, 0.2) is 24.3 Å². The molecule has 14 heavy (non-hydrogen) atoms. The predicted molar refractivity (Wildman–Crippen MR) is 60.7 cm³/mol. The van der Waals surface area contributed by atoms with Crippen molar-refractivity contribution in [3.8, 4) is 0 Å². The van der Waals surface area contributed by atoms with E-state index in [-0.39, 0.29) is 6.61 Å². The Bertz CT molecular complexity index is 273.